The second kappa shape index (κ2) is 7.64. The molecule has 0 aliphatic carbocycles. The molecule has 1 unspecified atom stereocenters. The molecular formula is C19H14F2N4O3S. The highest BCUT2D eigenvalue weighted by molar-refractivity contribution is 7.94. The molecular weight excluding hydrogens is 402 g/mol. The number of halogens is 2. The molecule has 1 atom stereocenters. The third kappa shape index (κ3) is 3.98. The van der Waals surface area contributed by atoms with Crippen LogP contribution >= 0.6 is 0 Å². The highest BCUT2D eigenvalue weighted by Gasteiger charge is 2.14. The average Bonchev–Trinajstić information content (AvgIpc) is 2.70. The zero-order chi connectivity index (χ0) is 20.5. The van der Waals surface area contributed by atoms with Crippen LogP contribution in [0.4, 0.5) is 14.7 Å². The minimum atomic E-state index is -1.02. The highest BCUT2D eigenvalue weighted by atomic mass is 32.2. The molecule has 4 rings (SSSR count). The third-order valence-corrected chi connectivity index (χ3v) is 5.09. The number of hydrogen-bond acceptors (Lipinski definition) is 6. The number of benzene rings is 1. The average molecular weight is 416 g/mol. The maximum atomic E-state index is 13.8. The number of nitrogens with zero attached hydrogens (tertiary/aromatic N) is 3. The molecule has 0 saturated heterocycles. The molecule has 0 saturated carbocycles. The van der Waals surface area contributed by atoms with E-state index >= 15 is 0 Å². The first-order chi connectivity index (χ1) is 13.9. The van der Waals surface area contributed by atoms with E-state index in [1.807, 2.05) is 0 Å². The molecule has 1 N–H and O–H groups in total. The lowest BCUT2D eigenvalue weighted by atomic mass is 10.3. The molecule has 0 bridgehead atoms. The molecule has 3 aromatic rings. The number of aromatic nitrogens is 3. The van der Waals surface area contributed by atoms with Crippen LogP contribution in [-0.4, -0.2) is 24.8 Å². The zero-order valence-corrected chi connectivity index (χ0v) is 15.9. The van der Waals surface area contributed by atoms with E-state index in [1.165, 1.54) is 23.9 Å². The predicted molar refractivity (Wildman–Crippen MR) is 105 cm³/mol. The third-order valence-electron chi connectivity index (χ3n) is 4.15. The van der Waals surface area contributed by atoms with Gasteiger partial charge in [-0.05, 0) is 35.5 Å². The number of nitrogens with one attached hydrogen (secondary N) is 1. The first kappa shape index (κ1) is 19.1. The van der Waals surface area contributed by atoms with Crippen LogP contribution in [0.5, 0.6) is 11.5 Å². The normalized spacial score (nSPS) is 16.0. The van der Waals surface area contributed by atoms with E-state index < -0.39 is 28.4 Å². The molecule has 1 aliphatic heterocycles. The van der Waals surface area contributed by atoms with Crippen molar-refractivity contribution in [1.82, 2.24) is 14.5 Å². The molecule has 0 fully saturated rings. The number of allylic oxidation sites excluding steroid dienone is 1. The Morgan fingerprint density at radius 1 is 1.28 bits per heavy atom. The molecule has 7 nitrogen and oxygen atoms in total. The Labute approximate surface area is 166 Å². The maximum absolute atomic E-state index is 13.8. The van der Waals surface area contributed by atoms with Crippen LogP contribution < -0.4 is 15.6 Å². The van der Waals surface area contributed by atoms with Gasteiger partial charge in [-0.15, -0.1) is 0 Å². The van der Waals surface area contributed by atoms with Crippen molar-refractivity contribution in [2.75, 3.05) is 11.1 Å². The van der Waals surface area contributed by atoms with Gasteiger partial charge in [-0.2, -0.15) is 4.98 Å². The van der Waals surface area contributed by atoms with E-state index in [4.69, 9.17) is 4.74 Å². The Kier molecular flexibility index (Phi) is 5.03. The van der Waals surface area contributed by atoms with Crippen molar-refractivity contribution >= 4 is 28.2 Å². The van der Waals surface area contributed by atoms with Gasteiger partial charge in [0.2, 0.25) is 5.95 Å². The first-order valence-corrected chi connectivity index (χ1v) is 9.81. The Morgan fingerprint density at radius 2 is 2.10 bits per heavy atom. The van der Waals surface area contributed by atoms with Crippen LogP contribution in [0.2, 0.25) is 0 Å². The van der Waals surface area contributed by atoms with Gasteiger partial charge in [0, 0.05) is 36.5 Å². The number of rotatable bonds is 4. The van der Waals surface area contributed by atoms with E-state index in [9.17, 15) is 18.1 Å². The second-order valence-corrected chi connectivity index (χ2v) is 7.52. The smallest absolute Gasteiger partial charge is 0.294 e. The summed E-state index contributed by atoms with van der Waals surface area (Å²) in [5.41, 5.74) is 0.488. The van der Waals surface area contributed by atoms with Crippen molar-refractivity contribution in [2.24, 2.45) is 7.05 Å². The zero-order valence-electron chi connectivity index (χ0n) is 15.1. The van der Waals surface area contributed by atoms with Crippen molar-refractivity contribution in [2.45, 2.75) is 0 Å². The van der Waals surface area contributed by atoms with Crippen molar-refractivity contribution in [3.63, 3.8) is 0 Å². The van der Waals surface area contributed by atoms with Crippen LogP contribution in [0.3, 0.4) is 0 Å². The number of pyridine rings is 1. The van der Waals surface area contributed by atoms with E-state index in [0.29, 0.717) is 28.5 Å². The molecule has 2 aromatic heterocycles. The van der Waals surface area contributed by atoms with Crippen LogP contribution in [0.15, 0.2) is 58.5 Å². The second-order valence-electron chi connectivity index (χ2n) is 6.16. The van der Waals surface area contributed by atoms with Crippen molar-refractivity contribution in [1.29, 1.82) is 0 Å². The van der Waals surface area contributed by atoms with Gasteiger partial charge >= 0.3 is 0 Å². The summed E-state index contributed by atoms with van der Waals surface area (Å²) >= 11 is -1.02. The van der Waals surface area contributed by atoms with Crippen LogP contribution in [0.1, 0.15) is 0 Å². The summed E-state index contributed by atoms with van der Waals surface area (Å²) in [6.45, 7) is 0. The fourth-order valence-corrected chi connectivity index (χ4v) is 3.45. The van der Waals surface area contributed by atoms with Gasteiger partial charge in [0.1, 0.15) is 22.6 Å². The van der Waals surface area contributed by atoms with Gasteiger partial charge in [0.05, 0.1) is 0 Å². The minimum absolute atomic E-state index is 0.143. The van der Waals surface area contributed by atoms with Crippen LogP contribution in [0.25, 0.3) is 11.0 Å². The van der Waals surface area contributed by atoms with Gasteiger partial charge < -0.3 is 14.6 Å². The maximum Gasteiger partial charge on any atom is 0.294 e. The lowest BCUT2D eigenvalue weighted by Gasteiger charge is -2.13. The quantitative estimate of drug-likeness (QED) is 0.658. The van der Waals surface area contributed by atoms with Gasteiger partial charge in [-0.1, -0.05) is 0 Å². The molecule has 0 spiro atoms. The lowest BCUT2D eigenvalue weighted by Crippen LogP contribution is -2.20. The van der Waals surface area contributed by atoms with E-state index in [-0.39, 0.29) is 17.4 Å². The fourth-order valence-electron chi connectivity index (χ4n) is 2.69. The number of ether oxygens (including phenoxy) is 1. The molecule has 0 amide bonds. The molecule has 0 radical (unpaired) electrons. The SMILES string of the molecule is Cn1c(=O)c(Oc2ccc(F)cc2F)cc2cnc(NC3=CC[S+]([O-])C=C3)nc21. The Morgan fingerprint density at radius 3 is 2.83 bits per heavy atom. The number of aryl methyl sites for hydroxylation is 1. The Bertz CT molecular complexity index is 1230. The largest absolute Gasteiger partial charge is 0.612 e. The summed E-state index contributed by atoms with van der Waals surface area (Å²) in [5.74, 6) is -1.42. The molecule has 1 aromatic carbocycles. The van der Waals surface area contributed by atoms with Gasteiger partial charge in [-0.3, -0.25) is 9.36 Å². The predicted octanol–water partition coefficient (Wildman–Crippen LogP) is 2.97. The monoisotopic (exact) mass is 416 g/mol. The van der Waals surface area contributed by atoms with Crippen molar-refractivity contribution in [3.8, 4) is 11.5 Å². The Balaban J connectivity index is 1.67. The van der Waals surface area contributed by atoms with Crippen LogP contribution in [-0.2, 0) is 18.2 Å². The highest BCUT2D eigenvalue weighted by Crippen LogP contribution is 2.25. The van der Waals surface area contributed by atoms with Gasteiger partial charge in [0.15, 0.2) is 17.3 Å². The molecule has 10 heteroatoms. The number of fused-ring (bicyclic) bond motifs is 1. The van der Waals surface area contributed by atoms with E-state index in [2.05, 4.69) is 15.3 Å². The molecule has 148 valence electrons. The summed E-state index contributed by atoms with van der Waals surface area (Å²) in [6.07, 6.45) is 4.92. The summed E-state index contributed by atoms with van der Waals surface area (Å²) in [5, 5.41) is 5.05. The molecule has 3 heterocycles. The summed E-state index contributed by atoms with van der Waals surface area (Å²) in [6, 6.07) is 4.21. The van der Waals surface area contributed by atoms with Gasteiger partial charge in [-0.25, -0.2) is 13.8 Å². The fraction of sp³-hybridized carbons (Fsp3) is 0.105. The number of hydrogen-bond donors (Lipinski definition) is 1. The summed E-state index contributed by atoms with van der Waals surface area (Å²) < 4.78 is 44.9. The molecule has 29 heavy (non-hydrogen) atoms. The topological polar surface area (TPSA) is 92.1 Å². The minimum Gasteiger partial charge on any atom is -0.612 e. The summed E-state index contributed by atoms with van der Waals surface area (Å²) in [7, 11) is 1.50. The van der Waals surface area contributed by atoms with E-state index in [1.54, 1.807) is 17.6 Å². The van der Waals surface area contributed by atoms with Crippen LogP contribution in [0, 0.1) is 11.6 Å². The summed E-state index contributed by atoms with van der Waals surface area (Å²) in [4.78, 5) is 21.1. The lowest BCUT2D eigenvalue weighted by molar-refractivity contribution is 0.430. The van der Waals surface area contributed by atoms with Crippen molar-refractivity contribution in [3.05, 3.63) is 75.7 Å². The van der Waals surface area contributed by atoms with E-state index in [0.717, 1.165) is 12.1 Å². The molecule has 1 aliphatic rings. The van der Waals surface area contributed by atoms with Crippen molar-refractivity contribution < 1.29 is 18.1 Å². The first-order valence-electron chi connectivity index (χ1n) is 8.43. The standard InChI is InChI=1S/C19H14F2N4O3S/c1-25-17-11(10-22-19(24-17)23-13-4-6-29(27)7-5-13)8-16(18(25)26)28-15-3-2-12(20)9-14(15)21/h2-6,8-10H,7H2,1H3,(H,22,23,24). The number of anilines is 1. The van der Waals surface area contributed by atoms with Gasteiger partial charge in [0.25, 0.3) is 5.56 Å². The Hall–Kier alpha value is -3.24.